The molecule has 4 rings (SSSR count). The third-order valence-electron chi connectivity index (χ3n) is 4.74. The van der Waals surface area contributed by atoms with Crippen LogP contribution in [0.3, 0.4) is 0 Å². The van der Waals surface area contributed by atoms with Crippen LogP contribution in [0.4, 0.5) is 0 Å². The summed E-state index contributed by atoms with van der Waals surface area (Å²) < 4.78 is 0. The highest BCUT2D eigenvalue weighted by Gasteiger charge is 2.40. The third-order valence-corrected chi connectivity index (χ3v) is 4.74. The van der Waals surface area contributed by atoms with E-state index < -0.39 is 0 Å². The van der Waals surface area contributed by atoms with Gasteiger partial charge < -0.3 is 0 Å². The fraction of sp³-hybridized carbons (Fsp3) is 0.0909. The van der Waals surface area contributed by atoms with Crippen molar-refractivity contribution >= 4 is 5.57 Å². The van der Waals surface area contributed by atoms with Crippen LogP contribution < -0.4 is 0 Å². The lowest BCUT2D eigenvalue weighted by atomic mass is 9.87. The molecule has 1 saturated carbocycles. The van der Waals surface area contributed by atoms with Gasteiger partial charge in [-0.25, -0.2) is 0 Å². The number of fused-ring (bicyclic) bond motifs is 2. The first-order valence-corrected chi connectivity index (χ1v) is 7.68. The van der Waals surface area contributed by atoms with Gasteiger partial charge in [-0.05, 0) is 33.4 Å². The van der Waals surface area contributed by atoms with Gasteiger partial charge in [-0.1, -0.05) is 86.0 Å². The summed E-state index contributed by atoms with van der Waals surface area (Å²) in [4.78, 5) is 0. The predicted molar refractivity (Wildman–Crippen MR) is 93.3 cm³/mol. The zero-order valence-corrected chi connectivity index (χ0v) is 12.5. The van der Waals surface area contributed by atoms with Crippen LogP contribution >= 0.6 is 0 Å². The summed E-state index contributed by atoms with van der Waals surface area (Å²) in [6, 6.07) is 21.3. The van der Waals surface area contributed by atoms with Crippen molar-refractivity contribution in [2.24, 2.45) is 11.8 Å². The molecular formula is C22H18. The maximum absolute atomic E-state index is 4.25. The standard InChI is InChI=1S/C22H18/c1-15-16(2)20-14-13-19(15)22(20)21(17-9-5-3-6-10-17)18-11-7-4-8-12-18/h3-14,19-20H,1-2H2. The minimum atomic E-state index is 0.313. The average Bonchev–Trinajstić information content (AvgIpc) is 3.08. The van der Waals surface area contributed by atoms with Crippen LogP contribution in [0.15, 0.2) is 103 Å². The molecule has 2 atom stereocenters. The van der Waals surface area contributed by atoms with Crippen LogP contribution in [-0.4, -0.2) is 0 Å². The van der Waals surface area contributed by atoms with Gasteiger partial charge in [0.2, 0.25) is 0 Å². The van der Waals surface area contributed by atoms with E-state index in [1.807, 2.05) is 0 Å². The van der Waals surface area contributed by atoms with E-state index in [1.165, 1.54) is 33.4 Å². The van der Waals surface area contributed by atoms with Crippen molar-refractivity contribution < 1.29 is 0 Å². The van der Waals surface area contributed by atoms with Crippen molar-refractivity contribution in [3.8, 4) is 0 Å². The molecule has 22 heavy (non-hydrogen) atoms. The number of benzene rings is 2. The second kappa shape index (κ2) is 4.99. The first-order chi connectivity index (χ1) is 10.8. The van der Waals surface area contributed by atoms with E-state index in [0.717, 1.165) is 0 Å². The number of rotatable bonds is 2. The molecule has 0 nitrogen and oxygen atoms in total. The predicted octanol–water partition coefficient (Wildman–Crippen LogP) is 5.42. The Bertz CT molecular complexity index is 736. The van der Waals surface area contributed by atoms with Gasteiger partial charge in [0.15, 0.2) is 0 Å². The number of hydrogen-bond donors (Lipinski definition) is 0. The summed E-state index contributed by atoms with van der Waals surface area (Å²) in [5.74, 6) is 0.626. The summed E-state index contributed by atoms with van der Waals surface area (Å²) in [6.45, 7) is 8.51. The van der Waals surface area contributed by atoms with Crippen LogP contribution in [0.5, 0.6) is 0 Å². The van der Waals surface area contributed by atoms with Crippen molar-refractivity contribution in [2.75, 3.05) is 0 Å². The molecule has 0 saturated heterocycles. The highest BCUT2D eigenvalue weighted by molar-refractivity contribution is 5.86. The fourth-order valence-electron chi connectivity index (χ4n) is 3.65. The van der Waals surface area contributed by atoms with E-state index in [0.29, 0.717) is 11.8 Å². The van der Waals surface area contributed by atoms with E-state index in [1.54, 1.807) is 0 Å². The first kappa shape index (κ1) is 13.1. The van der Waals surface area contributed by atoms with Gasteiger partial charge in [0.25, 0.3) is 0 Å². The van der Waals surface area contributed by atoms with E-state index in [2.05, 4.69) is 86.0 Å². The van der Waals surface area contributed by atoms with E-state index in [9.17, 15) is 0 Å². The average molecular weight is 282 g/mol. The molecule has 2 unspecified atom stereocenters. The van der Waals surface area contributed by atoms with E-state index in [4.69, 9.17) is 0 Å². The quantitative estimate of drug-likeness (QED) is 0.645. The van der Waals surface area contributed by atoms with Gasteiger partial charge in [0.05, 0.1) is 0 Å². The molecule has 106 valence electrons. The summed E-state index contributed by atoms with van der Waals surface area (Å²) in [5.41, 5.74) is 7.65. The molecule has 0 heterocycles. The Hall–Kier alpha value is -2.60. The second-order valence-corrected chi connectivity index (χ2v) is 5.95. The Kier molecular flexibility index (Phi) is 2.97. The maximum Gasteiger partial charge on any atom is 0.0244 e. The molecular weight excluding hydrogens is 264 g/mol. The Morgan fingerprint density at radius 3 is 1.45 bits per heavy atom. The molecule has 2 aliphatic carbocycles. The van der Waals surface area contributed by atoms with Gasteiger partial charge in [-0.15, -0.1) is 0 Å². The van der Waals surface area contributed by atoms with Gasteiger partial charge in [-0.2, -0.15) is 0 Å². The Morgan fingerprint density at radius 1 is 0.636 bits per heavy atom. The van der Waals surface area contributed by atoms with E-state index >= 15 is 0 Å². The fourth-order valence-corrected chi connectivity index (χ4v) is 3.65. The minimum Gasteiger partial charge on any atom is -0.0946 e. The number of hydrogen-bond acceptors (Lipinski definition) is 0. The molecule has 2 aromatic carbocycles. The van der Waals surface area contributed by atoms with Gasteiger partial charge >= 0.3 is 0 Å². The third kappa shape index (κ3) is 1.84. The molecule has 2 aromatic rings. The van der Waals surface area contributed by atoms with Crippen LogP contribution in [0.2, 0.25) is 0 Å². The largest absolute Gasteiger partial charge is 0.0946 e. The minimum absolute atomic E-state index is 0.313. The molecule has 2 aliphatic rings. The van der Waals surface area contributed by atoms with Crippen molar-refractivity contribution in [2.45, 2.75) is 0 Å². The van der Waals surface area contributed by atoms with Gasteiger partial charge in [0.1, 0.15) is 0 Å². The van der Waals surface area contributed by atoms with Crippen LogP contribution in [0.1, 0.15) is 11.1 Å². The molecule has 2 bridgehead atoms. The van der Waals surface area contributed by atoms with E-state index in [-0.39, 0.29) is 0 Å². The Morgan fingerprint density at radius 2 is 1.05 bits per heavy atom. The maximum atomic E-state index is 4.25. The topological polar surface area (TPSA) is 0 Å². The SMILES string of the molecule is C=C1C(=C)C2C=CC1C2=C(c1ccccc1)c1ccccc1. The highest BCUT2D eigenvalue weighted by atomic mass is 14.4. The Labute approximate surface area is 131 Å². The smallest absolute Gasteiger partial charge is 0.0244 e. The zero-order chi connectivity index (χ0) is 15.1. The monoisotopic (exact) mass is 282 g/mol. The highest BCUT2D eigenvalue weighted by Crippen LogP contribution is 2.53. The van der Waals surface area contributed by atoms with Crippen molar-refractivity contribution in [3.63, 3.8) is 0 Å². The molecule has 0 aliphatic heterocycles. The van der Waals surface area contributed by atoms with Gasteiger partial charge in [-0.3, -0.25) is 0 Å². The van der Waals surface area contributed by atoms with Crippen LogP contribution in [-0.2, 0) is 0 Å². The summed E-state index contributed by atoms with van der Waals surface area (Å²) in [5, 5.41) is 0. The molecule has 0 spiro atoms. The molecule has 1 fully saturated rings. The second-order valence-electron chi connectivity index (χ2n) is 5.95. The lowest BCUT2D eigenvalue weighted by Crippen LogP contribution is -2.00. The molecule has 0 amide bonds. The molecule has 0 radical (unpaired) electrons. The molecule has 0 heteroatoms. The van der Waals surface area contributed by atoms with Crippen molar-refractivity contribution in [1.29, 1.82) is 0 Å². The Balaban J connectivity index is 1.99. The summed E-state index contributed by atoms with van der Waals surface area (Å²) in [6.07, 6.45) is 4.56. The van der Waals surface area contributed by atoms with Crippen LogP contribution in [0, 0.1) is 11.8 Å². The van der Waals surface area contributed by atoms with Gasteiger partial charge in [0, 0.05) is 11.8 Å². The lowest BCUT2D eigenvalue weighted by Gasteiger charge is -2.16. The summed E-state index contributed by atoms with van der Waals surface area (Å²) in [7, 11) is 0. The lowest BCUT2D eigenvalue weighted by molar-refractivity contribution is 0.968. The first-order valence-electron chi connectivity index (χ1n) is 7.68. The summed E-state index contributed by atoms with van der Waals surface area (Å²) >= 11 is 0. The van der Waals surface area contributed by atoms with Crippen molar-refractivity contribution in [3.05, 3.63) is 114 Å². The normalized spacial score (nSPS) is 22.5. The number of allylic oxidation sites excluding steroid dienone is 5. The van der Waals surface area contributed by atoms with Crippen LogP contribution in [0.25, 0.3) is 5.57 Å². The molecule has 0 N–H and O–H groups in total. The van der Waals surface area contributed by atoms with Crippen molar-refractivity contribution in [1.82, 2.24) is 0 Å². The zero-order valence-electron chi connectivity index (χ0n) is 12.5. The molecule has 0 aromatic heterocycles.